The molecule has 0 aliphatic rings. The van der Waals surface area contributed by atoms with Crippen LogP contribution in [0.3, 0.4) is 0 Å². The quantitative estimate of drug-likeness (QED) is 0.820. The summed E-state index contributed by atoms with van der Waals surface area (Å²) in [6, 6.07) is 5.65. The Balaban J connectivity index is 2.90. The molecule has 102 valence electrons. The Bertz CT molecular complexity index is 509. The van der Waals surface area contributed by atoms with E-state index in [4.69, 9.17) is 5.11 Å². The minimum atomic E-state index is -0.167. The molecular weight excluding hydrogens is 238 g/mol. The smallest absolute Gasteiger partial charge is 0.227 e. The van der Waals surface area contributed by atoms with Gasteiger partial charge in [-0.1, -0.05) is 32.6 Å². The first-order valence-electron chi connectivity index (χ1n) is 6.46. The molecule has 19 heavy (non-hydrogen) atoms. The summed E-state index contributed by atoms with van der Waals surface area (Å²) in [5.74, 6) is 5.74. The van der Waals surface area contributed by atoms with Crippen molar-refractivity contribution in [3.8, 4) is 11.8 Å². The van der Waals surface area contributed by atoms with Gasteiger partial charge in [0.15, 0.2) is 0 Å². The van der Waals surface area contributed by atoms with E-state index < -0.39 is 0 Å². The number of nitrogens with one attached hydrogen (secondary N) is 1. The molecule has 2 N–H and O–H groups in total. The van der Waals surface area contributed by atoms with Crippen LogP contribution in [0.2, 0.25) is 0 Å². The predicted octanol–water partition coefficient (Wildman–Crippen LogP) is 2.57. The zero-order valence-electron chi connectivity index (χ0n) is 11.9. The SMILES string of the molecule is Cc1cc(C#CCO)cc(NC(=O)C(C)C(C)C)c1. The molecule has 1 rings (SSSR count). The number of hydrogen-bond donors (Lipinski definition) is 2. The van der Waals surface area contributed by atoms with Gasteiger partial charge in [-0.25, -0.2) is 0 Å². The lowest BCUT2D eigenvalue weighted by molar-refractivity contribution is -0.120. The van der Waals surface area contributed by atoms with E-state index in [1.165, 1.54) is 0 Å². The van der Waals surface area contributed by atoms with Gasteiger partial charge in [0.25, 0.3) is 0 Å². The lowest BCUT2D eigenvalue weighted by atomic mass is 9.97. The summed E-state index contributed by atoms with van der Waals surface area (Å²) in [6.07, 6.45) is 0. The topological polar surface area (TPSA) is 49.3 Å². The van der Waals surface area contributed by atoms with Gasteiger partial charge in [0.1, 0.15) is 6.61 Å². The minimum Gasteiger partial charge on any atom is -0.384 e. The first-order chi connectivity index (χ1) is 8.93. The van der Waals surface area contributed by atoms with Crippen molar-refractivity contribution in [2.75, 3.05) is 11.9 Å². The molecule has 0 aliphatic heterocycles. The minimum absolute atomic E-state index is 0.0154. The van der Waals surface area contributed by atoms with Crippen LogP contribution in [-0.4, -0.2) is 17.6 Å². The molecule has 0 fully saturated rings. The van der Waals surface area contributed by atoms with Crippen molar-refractivity contribution in [2.24, 2.45) is 11.8 Å². The highest BCUT2D eigenvalue weighted by Crippen LogP contribution is 2.17. The molecule has 0 radical (unpaired) electrons. The maximum atomic E-state index is 12.0. The molecule has 0 saturated heterocycles. The second-order valence-corrected chi connectivity index (χ2v) is 5.07. The van der Waals surface area contributed by atoms with Crippen molar-refractivity contribution < 1.29 is 9.90 Å². The lowest BCUT2D eigenvalue weighted by Gasteiger charge is -2.15. The summed E-state index contributed by atoms with van der Waals surface area (Å²) in [7, 11) is 0. The largest absolute Gasteiger partial charge is 0.384 e. The highest BCUT2D eigenvalue weighted by Gasteiger charge is 2.16. The molecular formula is C16H21NO2. The highest BCUT2D eigenvalue weighted by atomic mass is 16.2. The summed E-state index contributed by atoms with van der Waals surface area (Å²) in [5.41, 5.74) is 2.57. The van der Waals surface area contributed by atoms with E-state index in [2.05, 4.69) is 17.2 Å². The zero-order valence-corrected chi connectivity index (χ0v) is 11.9. The number of aryl methyl sites for hydroxylation is 1. The Hall–Kier alpha value is -1.79. The van der Waals surface area contributed by atoms with Crippen molar-refractivity contribution in [3.05, 3.63) is 29.3 Å². The summed E-state index contributed by atoms with van der Waals surface area (Å²) in [5, 5.41) is 11.6. The van der Waals surface area contributed by atoms with Gasteiger partial charge in [-0.05, 0) is 36.6 Å². The van der Waals surface area contributed by atoms with Gasteiger partial charge in [-0.3, -0.25) is 4.79 Å². The number of anilines is 1. The van der Waals surface area contributed by atoms with Gasteiger partial charge in [0.2, 0.25) is 5.91 Å². The van der Waals surface area contributed by atoms with E-state index in [0.29, 0.717) is 5.92 Å². The van der Waals surface area contributed by atoms with E-state index in [0.717, 1.165) is 16.8 Å². The number of rotatable bonds is 3. The van der Waals surface area contributed by atoms with Crippen LogP contribution in [0.5, 0.6) is 0 Å². The van der Waals surface area contributed by atoms with Crippen LogP contribution >= 0.6 is 0 Å². The van der Waals surface area contributed by atoms with Crippen molar-refractivity contribution in [2.45, 2.75) is 27.7 Å². The number of hydrogen-bond acceptors (Lipinski definition) is 2. The van der Waals surface area contributed by atoms with E-state index in [1.807, 2.05) is 45.9 Å². The van der Waals surface area contributed by atoms with Gasteiger partial charge >= 0.3 is 0 Å². The Morgan fingerprint density at radius 3 is 2.58 bits per heavy atom. The number of carbonyl (C=O) groups excluding carboxylic acids is 1. The van der Waals surface area contributed by atoms with Crippen molar-refractivity contribution in [1.29, 1.82) is 0 Å². The molecule has 1 amide bonds. The Kier molecular flexibility index (Phi) is 5.59. The van der Waals surface area contributed by atoms with E-state index in [9.17, 15) is 4.79 Å². The average Bonchev–Trinajstić information content (AvgIpc) is 2.34. The van der Waals surface area contributed by atoms with Crippen LogP contribution < -0.4 is 5.32 Å². The molecule has 3 nitrogen and oxygen atoms in total. The van der Waals surface area contributed by atoms with Gasteiger partial charge in [-0.2, -0.15) is 0 Å². The third-order valence-electron chi connectivity index (χ3n) is 3.07. The fourth-order valence-electron chi connectivity index (χ4n) is 1.63. The Morgan fingerprint density at radius 2 is 2.00 bits per heavy atom. The van der Waals surface area contributed by atoms with Gasteiger partial charge in [0, 0.05) is 17.2 Å². The molecule has 0 bridgehead atoms. The summed E-state index contributed by atoms with van der Waals surface area (Å²) in [6.45, 7) is 7.76. The number of benzene rings is 1. The van der Waals surface area contributed by atoms with E-state index in [-0.39, 0.29) is 18.4 Å². The Labute approximate surface area is 115 Å². The Morgan fingerprint density at radius 1 is 1.32 bits per heavy atom. The lowest BCUT2D eigenvalue weighted by Crippen LogP contribution is -2.24. The summed E-state index contributed by atoms with van der Waals surface area (Å²) >= 11 is 0. The van der Waals surface area contributed by atoms with Crippen LogP contribution in [0.25, 0.3) is 0 Å². The maximum absolute atomic E-state index is 12.0. The standard InChI is InChI=1S/C16H21NO2/c1-11(2)13(4)16(19)17-15-9-12(3)8-14(10-15)6-5-7-18/h8-11,13,18H,7H2,1-4H3,(H,17,19). The maximum Gasteiger partial charge on any atom is 0.227 e. The van der Waals surface area contributed by atoms with Crippen molar-refractivity contribution in [3.63, 3.8) is 0 Å². The highest BCUT2D eigenvalue weighted by molar-refractivity contribution is 5.92. The van der Waals surface area contributed by atoms with E-state index >= 15 is 0 Å². The molecule has 1 unspecified atom stereocenters. The molecule has 1 aromatic rings. The molecule has 3 heteroatoms. The number of carbonyl (C=O) groups is 1. The third-order valence-corrected chi connectivity index (χ3v) is 3.07. The van der Waals surface area contributed by atoms with Gasteiger partial charge in [0.05, 0.1) is 0 Å². The van der Waals surface area contributed by atoms with E-state index in [1.54, 1.807) is 0 Å². The molecule has 0 heterocycles. The molecule has 0 saturated carbocycles. The zero-order chi connectivity index (χ0) is 14.4. The number of aliphatic hydroxyl groups is 1. The van der Waals surface area contributed by atoms with Crippen molar-refractivity contribution >= 4 is 11.6 Å². The van der Waals surface area contributed by atoms with Crippen LogP contribution in [0.4, 0.5) is 5.69 Å². The van der Waals surface area contributed by atoms with Crippen molar-refractivity contribution in [1.82, 2.24) is 0 Å². The average molecular weight is 259 g/mol. The molecule has 1 aromatic carbocycles. The van der Waals surface area contributed by atoms with Crippen LogP contribution in [0, 0.1) is 30.6 Å². The molecule has 0 spiro atoms. The molecule has 0 aliphatic carbocycles. The third kappa shape index (κ3) is 4.76. The monoisotopic (exact) mass is 259 g/mol. The number of amides is 1. The second kappa shape index (κ2) is 6.96. The predicted molar refractivity (Wildman–Crippen MR) is 77.8 cm³/mol. The first kappa shape index (κ1) is 15.3. The fourth-order valence-corrected chi connectivity index (χ4v) is 1.63. The first-order valence-corrected chi connectivity index (χ1v) is 6.46. The van der Waals surface area contributed by atoms with Crippen LogP contribution in [0.1, 0.15) is 31.9 Å². The fraction of sp³-hybridized carbons (Fsp3) is 0.438. The van der Waals surface area contributed by atoms with Gasteiger partial charge in [-0.15, -0.1) is 0 Å². The van der Waals surface area contributed by atoms with Gasteiger partial charge < -0.3 is 10.4 Å². The van der Waals surface area contributed by atoms with Crippen LogP contribution in [0.15, 0.2) is 18.2 Å². The van der Waals surface area contributed by atoms with Crippen LogP contribution in [-0.2, 0) is 4.79 Å². The number of aliphatic hydroxyl groups excluding tert-OH is 1. The normalized spacial score (nSPS) is 11.7. The molecule has 1 atom stereocenters. The second-order valence-electron chi connectivity index (χ2n) is 5.07. The summed E-state index contributed by atoms with van der Waals surface area (Å²) in [4.78, 5) is 12.0. The molecule has 0 aromatic heterocycles. The summed E-state index contributed by atoms with van der Waals surface area (Å²) < 4.78 is 0.